The van der Waals surface area contributed by atoms with Crippen LogP contribution in [0.2, 0.25) is 0 Å². The van der Waals surface area contributed by atoms with Gasteiger partial charge in [-0.15, -0.1) is 0 Å². The van der Waals surface area contributed by atoms with Crippen LogP contribution in [0, 0.1) is 6.92 Å². The molecule has 0 radical (unpaired) electrons. The molecular weight excluding hydrogens is 216 g/mol. The fraction of sp³-hybridized carbons (Fsp3) is 0.667. The Balaban J connectivity index is 2.13. The minimum Gasteiger partial charge on any atom is -0.380 e. The molecule has 1 fully saturated rings. The van der Waals surface area contributed by atoms with Gasteiger partial charge >= 0.3 is 0 Å². The third kappa shape index (κ3) is 2.92. The molecule has 1 aromatic rings. The van der Waals surface area contributed by atoms with Crippen molar-refractivity contribution in [2.24, 2.45) is 5.73 Å². The average molecular weight is 236 g/mol. The lowest BCUT2D eigenvalue weighted by atomic mass is 10.1. The molecule has 1 aliphatic rings. The van der Waals surface area contributed by atoms with E-state index in [0.29, 0.717) is 6.61 Å². The van der Waals surface area contributed by atoms with E-state index in [0.717, 1.165) is 43.1 Å². The first kappa shape index (κ1) is 12.3. The van der Waals surface area contributed by atoms with E-state index in [1.54, 1.807) is 7.11 Å². The van der Waals surface area contributed by atoms with Crippen molar-refractivity contribution in [2.75, 3.05) is 25.1 Å². The molecule has 0 bridgehead atoms. The molecule has 0 amide bonds. The van der Waals surface area contributed by atoms with E-state index in [1.165, 1.54) is 0 Å². The summed E-state index contributed by atoms with van der Waals surface area (Å²) in [6, 6.07) is 0.242. The highest BCUT2D eigenvalue weighted by Gasteiger charge is 2.19. The van der Waals surface area contributed by atoms with Crippen LogP contribution in [0.5, 0.6) is 0 Å². The van der Waals surface area contributed by atoms with Gasteiger partial charge in [0.1, 0.15) is 0 Å². The van der Waals surface area contributed by atoms with Crippen LogP contribution in [0.15, 0.2) is 6.20 Å². The normalized spacial score (nSPS) is 20.6. The van der Waals surface area contributed by atoms with Crippen molar-refractivity contribution >= 4 is 5.95 Å². The van der Waals surface area contributed by atoms with Crippen LogP contribution in [-0.4, -0.2) is 36.2 Å². The molecule has 2 N–H and O–H groups in total. The van der Waals surface area contributed by atoms with Gasteiger partial charge in [0.15, 0.2) is 0 Å². The second-order valence-corrected chi connectivity index (χ2v) is 4.56. The van der Waals surface area contributed by atoms with Gasteiger partial charge in [0.2, 0.25) is 5.95 Å². The van der Waals surface area contributed by atoms with E-state index in [9.17, 15) is 0 Å². The zero-order chi connectivity index (χ0) is 12.3. The van der Waals surface area contributed by atoms with Gasteiger partial charge in [0, 0.05) is 43.7 Å². The van der Waals surface area contributed by atoms with Gasteiger partial charge in [0.05, 0.1) is 6.61 Å². The number of ether oxygens (including phenoxy) is 1. The van der Waals surface area contributed by atoms with Gasteiger partial charge in [-0.3, -0.25) is 0 Å². The predicted octanol–water partition coefficient (Wildman–Crippen LogP) is 0.859. The van der Waals surface area contributed by atoms with Crippen molar-refractivity contribution in [1.82, 2.24) is 9.97 Å². The first-order chi connectivity index (χ1) is 8.20. The monoisotopic (exact) mass is 236 g/mol. The first-order valence-electron chi connectivity index (χ1n) is 6.02. The summed E-state index contributed by atoms with van der Waals surface area (Å²) >= 11 is 0. The highest BCUT2D eigenvalue weighted by Crippen LogP contribution is 2.16. The van der Waals surface area contributed by atoms with Crippen LogP contribution < -0.4 is 10.6 Å². The zero-order valence-corrected chi connectivity index (χ0v) is 10.5. The van der Waals surface area contributed by atoms with Gasteiger partial charge in [-0.05, 0) is 19.8 Å². The third-order valence-corrected chi connectivity index (χ3v) is 3.11. The molecular formula is C12H20N4O. The number of aryl methyl sites for hydroxylation is 1. The molecule has 5 nitrogen and oxygen atoms in total. The third-order valence-electron chi connectivity index (χ3n) is 3.11. The highest BCUT2D eigenvalue weighted by molar-refractivity contribution is 5.33. The SMILES string of the molecule is COCc1cnc(N2CCCC(N)C2)nc1C. The Morgan fingerprint density at radius 3 is 3.06 bits per heavy atom. The van der Waals surface area contributed by atoms with Crippen LogP contribution in [0.4, 0.5) is 5.95 Å². The van der Waals surface area contributed by atoms with Gasteiger partial charge in [-0.2, -0.15) is 0 Å². The highest BCUT2D eigenvalue weighted by atomic mass is 16.5. The summed E-state index contributed by atoms with van der Waals surface area (Å²) in [6.07, 6.45) is 4.06. The van der Waals surface area contributed by atoms with Gasteiger partial charge in [0.25, 0.3) is 0 Å². The standard InChI is InChI=1S/C12H20N4O/c1-9-10(8-17-2)6-14-12(15-9)16-5-3-4-11(13)7-16/h6,11H,3-5,7-8,13H2,1-2H3. The van der Waals surface area contributed by atoms with Crippen LogP contribution in [0.3, 0.4) is 0 Å². The van der Waals surface area contributed by atoms with Crippen molar-refractivity contribution in [3.05, 3.63) is 17.5 Å². The molecule has 1 aromatic heterocycles. The number of nitrogens with zero attached hydrogens (tertiary/aromatic N) is 3. The van der Waals surface area contributed by atoms with Crippen LogP contribution in [0.25, 0.3) is 0 Å². The molecule has 5 heteroatoms. The number of rotatable bonds is 3. The summed E-state index contributed by atoms with van der Waals surface area (Å²) in [4.78, 5) is 11.1. The maximum absolute atomic E-state index is 5.96. The number of methoxy groups -OCH3 is 1. The quantitative estimate of drug-likeness (QED) is 0.843. The van der Waals surface area contributed by atoms with E-state index < -0.39 is 0 Å². The number of nitrogens with two attached hydrogens (primary N) is 1. The second kappa shape index (κ2) is 5.42. The molecule has 0 spiro atoms. The fourth-order valence-electron chi connectivity index (χ4n) is 2.12. The van der Waals surface area contributed by atoms with Crippen molar-refractivity contribution in [3.63, 3.8) is 0 Å². The minimum atomic E-state index is 0.242. The minimum absolute atomic E-state index is 0.242. The lowest BCUT2D eigenvalue weighted by Gasteiger charge is -2.30. The maximum atomic E-state index is 5.96. The number of anilines is 1. The van der Waals surface area contributed by atoms with E-state index in [2.05, 4.69) is 14.9 Å². The molecule has 1 unspecified atom stereocenters. The summed E-state index contributed by atoms with van der Waals surface area (Å²) in [5, 5.41) is 0. The van der Waals surface area contributed by atoms with E-state index >= 15 is 0 Å². The van der Waals surface area contributed by atoms with E-state index in [4.69, 9.17) is 10.5 Å². The Kier molecular flexibility index (Phi) is 3.91. The molecule has 2 heterocycles. The lowest BCUT2D eigenvalue weighted by molar-refractivity contribution is 0.183. The van der Waals surface area contributed by atoms with Crippen molar-refractivity contribution in [2.45, 2.75) is 32.4 Å². The van der Waals surface area contributed by atoms with Crippen molar-refractivity contribution < 1.29 is 4.74 Å². The fourth-order valence-corrected chi connectivity index (χ4v) is 2.12. The van der Waals surface area contributed by atoms with Gasteiger partial charge in [-0.25, -0.2) is 9.97 Å². The molecule has 2 rings (SSSR count). The summed E-state index contributed by atoms with van der Waals surface area (Å²) in [5.74, 6) is 0.789. The molecule has 0 saturated carbocycles. The number of aromatic nitrogens is 2. The average Bonchev–Trinajstić information content (AvgIpc) is 2.32. The van der Waals surface area contributed by atoms with Crippen molar-refractivity contribution in [3.8, 4) is 0 Å². The second-order valence-electron chi connectivity index (χ2n) is 4.56. The topological polar surface area (TPSA) is 64.3 Å². The predicted molar refractivity (Wildman–Crippen MR) is 66.9 cm³/mol. The summed E-state index contributed by atoms with van der Waals surface area (Å²) < 4.78 is 5.10. The maximum Gasteiger partial charge on any atom is 0.225 e. The molecule has 0 aliphatic carbocycles. The van der Waals surface area contributed by atoms with E-state index in [1.807, 2.05) is 13.1 Å². The van der Waals surface area contributed by atoms with Crippen LogP contribution in [0.1, 0.15) is 24.1 Å². The smallest absolute Gasteiger partial charge is 0.225 e. The molecule has 17 heavy (non-hydrogen) atoms. The lowest BCUT2D eigenvalue weighted by Crippen LogP contribution is -2.43. The summed E-state index contributed by atoms with van der Waals surface area (Å²) in [7, 11) is 1.68. The first-order valence-corrected chi connectivity index (χ1v) is 6.02. The van der Waals surface area contributed by atoms with Crippen molar-refractivity contribution in [1.29, 1.82) is 0 Å². The van der Waals surface area contributed by atoms with Gasteiger partial charge < -0.3 is 15.4 Å². The number of hydrogen-bond acceptors (Lipinski definition) is 5. The Morgan fingerprint density at radius 1 is 1.59 bits per heavy atom. The number of piperidine rings is 1. The molecule has 1 aliphatic heterocycles. The largest absolute Gasteiger partial charge is 0.380 e. The zero-order valence-electron chi connectivity index (χ0n) is 10.5. The number of hydrogen-bond donors (Lipinski definition) is 1. The Hall–Kier alpha value is -1.20. The van der Waals surface area contributed by atoms with Crippen LogP contribution >= 0.6 is 0 Å². The van der Waals surface area contributed by atoms with E-state index in [-0.39, 0.29) is 6.04 Å². The van der Waals surface area contributed by atoms with Crippen LogP contribution in [-0.2, 0) is 11.3 Å². The van der Waals surface area contributed by atoms with Gasteiger partial charge in [-0.1, -0.05) is 0 Å². The Labute approximate surface area is 102 Å². The molecule has 1 saturated heterocycles. The molecule has 1 atom stereocenters. The molecule has 0 aromatic carbocycles. The summed E-state index contributed by atoms with van der Waals surface area (Å²) in [5.41, 5.74) is 7.98. The Morgan fingerprint density at radius 2 is 2.41 bits per heavy atom. The summed E-state index contributed by atoms with van der Waals surface area (Å²) in [6.45, 7) is 4.40. The molecule has 94 valence electrons. The Bertz CT molecular complexity index is 383.